The maximum Gasteiger partial charge on any atom is 0.110 e. The van der Waals surface area contributed by atoms with E-state index in [1.807, 2.05) is 6.20 Å². The fourth-order valence-corrected chi connectivity index (χ4v) is 3.51. The molecule has 1 aromatic rings. The van der Waals surface area contributed by atoms with Crippen molar-refractivity contribution in [2.24, 2.45) is 5.92 Å². The summed E-state index contributed by atoms with van der Waals surface area (Å²) in [6.45, 7) is 3.23. The normalized spacial score (nSPS) is 20.6. The van der Waals surface area contributed by atoms with Crippen LogP contribution in [0, 0.1) is 5.92 Å². The summed E-state index contributed by atoms with van der Waals surface area (Å²) >= 11 is 1.80. The Morgan fingerprint density at radius 1 is 1.38 bits per heavy atom. The minimum atomic E-state index is 0.503. The van der Waals surface area contributed by atoms with E-state index in [2.05, 4.69) is 22.6 Å². The van der Waals surface area contributed by atoms with Crippen LogP contribution in [-0.4, -0.2) is 11.5 Å². The van der Waals surface area contributed by atoms with Gasteiger partial charge >= 0.3 is 0 Å². The maximum absolute atomic E-state index is 4.50. The van der Waals surface area contributed by atoms with E-state index < -0.39 is 0 Å². The highest BCUT2D eigenvalue weighted by Gasteiger charge is 2.24. The molecule has 3 heteroatoms. The van der Waals surface area contributed by atoms with Crippen molar-refractivity contribution in [1.29, 1.82) is 0 Å². The largest absolute Gasteiger partial charge is 0.308 e. The van der Waals surface area contributed by atoms with Crippen LogP contribution in [0.5, 0.6) is 0 Å². The molecule has 1 unspecified atom stereocenters. The van der Waals surface area contributed by atoms with Crippen molar-refractivity contribution in [2.45, 2.75) is 51.5 Å². The van der Waals surface area contributed by atoms with Crippen molar-refractivity contribution in [3.63, 3.8) is 0 Å². The summed E-state index contributed by atoms with van der Waals surface area (Å²) in [6, 6.07) is 0.503. The third-order valence-corrected chi connectivity index (χ3v) is 4.37. The standard InChI is InChI=1S/C13H22N2S/c1-2-14-12(13-15-9-10-16-13)11-7-5-3-4-6-8-11/h9-12,14H,2-8H2,1H3. The molecular formula is C13H22N2S. The second-order valence-corrected chi connectivity index (χ2v) is 5.58. The van der Waals surface area contributed by atoms with Gasteiger partial charge in [-0.05, 0) is 25.3 Å². The van der Waals surface area contributed by atoms with Gasteiger partial charge in [-0.1, -0.05) is 32.6 Å². The molecule has 0 radical (unpaired) electrons. The average Bonchev–Trinajstić information content (AvgIpc) is 2.69. The van der Waals surface area contributed by atoms with Crippen molar-refractivity contribution >= 4 is 11.3 Å². The number of nitrogens with zero attached hydrogens (tertiary/aromatic N) is 1. The first-order valence-electron chi connectivity index (χ1n) is 6.54. The van der Waals surface area contributed by atoms with Gasteiger partial charge in [0.05, 0.1) is 6.04 Å². The van der Waals surface area contributed by atoms with Gasteiger partial charge in [0.1, 0.15) is 5.01 Å². The topological polar surface area (TPSA) is 24.9 Å². The molecule has 1 saturated carbocycles. The Kier molecular flexibility index (Phi) is 4.79. The molecule has 0 bridgehead atoms. The molecule has 1 aliphatic rings. The molecule has 0 saturated heterocycles. The zero-order chi connectivity index (χ0) is 11.2. The minimum Gasteiger partial charge on any atom is -0.308 e. The fourth-order valence-electron chi connectivity index (χ4n) is 2.71. The lowest BCUT2D eigenvalue weighted by molar-refractivity contribution is 0.329. The highest BCUT2D eigenvalue weighted by Crippen LogP contribution is 2.34. The fraction of sp³-hybridized carbons (Fsp3) is 0.769. The van der Waals surface area contributed by atoms with E-state index in [9.17, 15) is 0 Å². The SMILES string of the molecule is CCNC(c1nccs1)C1CCCCCC1. The first-order chi connectivity index (χ1) is 7.92. The Labute approximate surface area is 102 Å². The van der Waals surface area contributed by atoms with Gasteiger partial charge in [-0.15, -0.1) is 11.3 Å². The van der Waals surface area contributed by atoms with Crippen molar-refractivity contribution in [2.75, 3.05) is 6.54 Å². The molecule has 1 N–H and O–H groups in total. The van der Waals surface area contributed by atoms with E-state index in [0.29, 0.717) is 6.04 Å². The summed E-state index contributed by atoms with van der Waals surface area (Å²) in [5, 5.41) is 7.01. The highest BCUT2D eigenvalue weighted by atomic mass is 32.1. The van der Waals surface area contributed by atoms with E-state index in [4.69, 9.17) is 0 Å². The van der Waals surface area contributed by atoms with Crippen LogP contribution in [0.2, 0.25) is 0 Å². The van der Waals surface area contributed by atoms with E-state index in [1.165, 1.54) is 43.5 Å². The summed E-state index contributed by atoms with van der Waals surface area (Å²) in [4.78, 5) is 4.50. The molecule has 0 spiro atoms. The molecule has 0 aromatic carbocycles. The summed E-state index contributed by atoms with van der Waals surface area (Å²) in [7, 11) is 0. The van der Waals surface area contributed by atoms with Crippen molar-refractivity contribution in [3.8, 4) is 0 Å². The zero-order valence-electron chi connectivity index (χ0n) is 10.1. The van der Waals surface area contributed by atoms with Crippen LogP contribution in [-0.2, 0) is 0 Å². The van der Waals surface area contributed by atoms with Crippen LogP contribution in [0.1, 0.15) is 56.5 Å². The number of rotatable bonds is 4. The number of nitrogens with one attached hydrogen (secondary N) is 1. The molecule has 1 atom stereocenters. The Morgan fingerprint density at radius 3 is 2.69 bits per heavy atom. The zero-order valence-corrected chi connectivity index (χ0v) is 10.9. The lowest BCUT2D eigenvalue weighted by Crippen LogP contribution is -2.28. The molecular weight excluding hydrogens is 216 g/mol. The van der Waals surface area contributed by atoms with Crippen molar-refractivity contribution in [3.05, 3.63) is 16.6 Å². The molecule has 1 aliphatic carbocycles. The molecule has 90 valence electrons. The van der Waals surface area contributed by atoms with Crippen LogP contribution < -0.4 is 5.32 Å². The average molecular weight is 238 g/mol. The lowest BCUT2D eigenvalue weighted by Gasteiger charge is -2.25. The number of thiazole rings is 1. The Hall–Kier alpha value is -0.410. The van der Waals surface area contributed by atoms with Gasteiger partial charge in [0, 0.05) is 11.6 Å². The monoisotopic (exact) mass is 238 g/mol. The van der Waals surface area contributed by atoms with Gasteiger partial charge in [-0.3, -0.25) is 0 Å². The molecule has 2 rings (SSSR count). The van der Waals surface area contributed by atoms with Gasteiger partial charge in [0.15, 0.2) is 0 Å². The quantitative estimate of drug-likeness (QED) is 0.808. The third-order valence-electron chi connectivity index (χ3n) is 3.51. The molecule has 16 heavy (non-hydrogen) atoms. The molecule has 1 aromatic heterocycles. The van der Waals surface area contributed by atoms with Crippen molar-refractivity contribution < 1.29 is 0 Å². The highest BCUT2D eigenvalue weighted by molar-refractivity contribution is 7.09. The van der Waals surface area contributed by atoms with Gasteiger partial charge in [-0.25, -0.2) is 4.98 Å². The first-order valence-corrected chi connectivity index (χ1v) is 7.42. The second kappa shape index (κ2) is 6.36. The smallest absolute Gasteiger partial charge is 0.110 e. The lowest BCUT2D eigenvalue weighted by atomic mass is 9.92. The van der Waals surface area contributed by atoms with Gasteiger partial charge < -0.3 is 5.32 Å². The Balaban J connectivity index is 2.05. The van der Waals surface area contributed by atoms with Crippen LogP contribution in [0.25, 0.3) is 0 Å². The second-order valence-electron chi connectivity index (χ2n) is 4.66. The number of hydrogen-bond acceptors (Lipinski definition) is 3. The van der Waals surface area contributed by atoms with Gasteiger partial charge in [0.2, 0.25) is 0 Å². The van der Waals surface area contributed by atoms with Gasteiger partial charge in [0.25, 0.3) is 0 Å². The van der Waals surface area contributed by atoms with E-state index in [0.717, 1.165) is 12.5 Å². The predicted molar refractivity (Wildman–Crippen MR) is 69.7 cm³/mol. The van der Waals surface area contributed by atoms with Crippen molar-refractivity contribution in [1.82, 2.24) is 10.3 Å². The van der Waals surface area contributed by atoms with Gasteiger partial charge in [-0.2, -0.15) is 0 Å². The maximum atomic E-state index is 4.50. The van der Waals surface area contributed by atoms with E-state index in [1.54, 1.807) is 11.3 Å². The molecule has 2 nitrogen and oxygen atoms in total. The number of aromatic nitrogens is 1. The summed E-state index contributed by atoms with van der Waals surface area (Å²) in [6.07, 6.45) is 10.3. The first kappa shape index (κ1) is 12.1. The number of hydrogen-bond donors (Lipinski definition) is 1. The van der Waals surface area contributed by atoms with E-state index in [-0.39, 0.29) is 0 Å². The molecule has 1 fully saturated rings. The Bertz CT molecular complexity index is 276. The Morgan fingerprint density at radius 2 is 2.12 bits per heavy atom. The van der Waals surface area contributed by atoms with Crippen LogP contribution in [0.4, 0.5) is 0 Å². The molecule has 0 amide bonds. The predicted octanol–water partition coefficient (Wildman–Crippen LogP) is 3.76. The summed E-state index contributed by atoms with van der Waals surface area (Å²) < 4.78 is 0. The summed E-state index contributed by atoms with van der Waals surface area (Å²) in [5.41, 5.74) is 0. The van der Waals surface area contributed by atoms with Crippen LogP contribution in [0.3, 0.4) is 0 Å². The third kappa shape index (κ3) is 3.05. The van der Waals surface area contributed by atoms with Crippen LogP contribution >= 0.6 is 11.3 Å². The van der Waals surface area contributed by atoms with E-state index >= 15 is 0 Å². The van der Waals surface area contributed by atoms with Crippen LogP contribution in [0.15, 0.2) is 11.6 Å². The molecule has 0 aliphatic heterocycles. The minimum absolute atomic E-state index is 0.503. The molecule has 1 heterocycles. The summed E-state index contributed by atoms with van der Waals surface area (Å²) in [5.74, 6) is 0.800.